The van der Waals surface area contributed by atoms with E-state index in [1.54, 1.807) is 0 Å². The van der Waals surface area contributed by atoms with E-state index < -0.39 is 0 Å². The van der Waals surface area contributed by atoms with Crippen LogP contribution in [0, 0.1) is 6.92 Å². The van der Waals surface area contributed by atoms with Crippen LogP contribution in [0.3, 0.4) is 0 Å². The number of hydrogen-bond donors (Lipinski definition) is 0. The lowest BCUT2D eigenvalue weighted by atomic mass is 10.0. The number of aryl methyl sites for hydroxylation is 2. The molecule has 2 aromatic heterocycles. The van der Waals surface area contributed by atoms with Crippen LogP contribution < -0.4 is 4.57 Å². The van der Waals surface area contributed by atoms with Crippen LogP contribution in [0.4, 0.5) is 0 Å². The highest BCUT2D eigenvalue weighted by Gasteiger charge is 2.27. The summed E-state index contributed by atoms with van der Waals surface area (Å²) < 4.78 is 7.53. The lowest BCUT2D eigenvalue weighted by molar-refractivity contribution is -0.634. The molecule has 0 saturated carbocycles. The molecule has 0 radical (unpaired) electrons. The zero-order valence-electron chi connectivity index (χ0n) is 19.5. The number of thiophene rings is 1. The van der Waals surface area contributed by atoms with E-state index in [0.29, 0.717) is 6.04 Å². The van der Waals surface area contributed by atoms with Crippen LogP contribution in [-0.4, -0.2) is 4.57 Å². The minimum atomic E-state index is 0.369. The van der Waals surface area contributed by atoms with Crippen molar-refractivity contribution >= 4 is 42.5 Å². The minimum Gasteiger partial charge on any atom is -0.226 e. The van der Waals surface area contributed by atoms with E-state index in [2.05, 4.69) is 122 Å². The van der Waals surface area contributed by atoms with Crippen LogP contribution in [0.15, 0.2) is 84.9 Å². The van der Waals surface area contributed by atoms with Crippen LogP contribution in [0.1, 0.15) is 25.5 Å². The molecule has 2 nitrogen and oxygen atoms in total. The van der Waals surface area contributed by atoms with Crippen LogP contribution in [0.2, 0.25) is 0 Å². The van der Waals surface area contributed by atoms with Gasteiger partial charge in [0.05, 0.1) is 18.7 Å². The third-order valence-corrected chi connectivity index (χ3v) is 7.85. The summed E-state index contributed by atoms with van der Waals surface area (Å²) >= 11 is 1.89. The first-order valence-corrected chi connectivity index (χ1v) is 12.4. The summed E-state index contributed by atoms with van der Waals surface area (Å²) in [4.78, 5) is 0. The van der Waals surface area contributed by atoms with Gasteiger partial charge in [0, 0.05) is 20.2 Å². The van der Waals surface area contributed by atoms with Crippen LogP contribution in [-0.2, 0) is 7.05 Å². The summed E-state index contributed by atoms with van der Waals surface area (Å²) in [6, 6.07) is 31.4. The first kappa shape index (κ1) is 20.2. The predicted octanol–water partition coefficient (Wildman–Crippen LogP) is 8.06. The fourth-order valence-electron chi connectivity index (χ4n) is 5.15. The Morgan fingerprint density at radius 2 is 1.48 bits per heavy atom. The van der Waals surface area contributed by atoms with Crippen molar-refractivity contribution in [2.75, 3.05) is 0 Å². The van der Waals surface area contributed by atoms with E-state index in [1.165, 1.54) is 59.3 Å². The van der Waals surface area contributed by atoms with Gasteiger partial charge >= 0.3 is 0 Å². The van der Waals surface area contributed by atoms with Gasteiger partial charge in [0.15, 0.2) is 11.0 Å². The van der Waals surface area contributed by atoms with E-state index >= 15 is 0 Å². The normalized spacial score (nSPS) is 11.9. The first-order valence-electron chi connectivity index (χ1n) is 11.5. The third kappa shape index (κ3) is 3.11. The second kappa shape index (κ2) is 7.57. The molecule has 33 heavy (non-hydrogen) atoms. The van der Waals surface area contributed by atoms with E-state index in [0.717, 1.165) is 0 Å². The highest BCUT2D eigenvalue weighted by atomic mass is 32.1. The topological polar surface area (TPSA) is 8.81 Å². The van der Waals surface area contributed by atoms with E-state index in [4.69, 9.17) is 0 Å². The Morgan fingerprint density at radius 1 is 0.758 bits per heavy atom. The summed E-state index contributed by atoms with van der Waals surface area (Å²) in [6.45, 7) is 6.79. The molecule has 0 aliphatic carbocycles. The maximum atomic E-state index is 2.48. The van der Waals surface area contributed by atoms with Gasteiger partial charge in [-0.1, -0.05) is 54.6 Å². The van der Waals surface area contributed by atoms with E-state index in [9.17, 15) is 0 Å². The number of fused-ring (bicyclic) bond motifs is 4. The summed E-state index contributed by atoms with van der Waals surface area (Å²) in [5.41, 5.74) is 7.72. The van der Waals surface area contributed by atoms with Gasteiger partial charge in [-0.3, -0.25) is 0 Å². The molecular formula is C30H27N2S+. The van der Waals surface area contributed by atoms with Crippen LogP contribution >= 0.6 is 11.3 Å². The molecule has 0 amide bonds. The Kier molecular flexibility index (Phi) is 4.63. The Morgan fingerprint density at radius 3 is 2.27 bits per heavy atom. The summed E-state index contributed by atoms with van der Waals surface area (Å²) in [6.07, 6.45) is 0. The highest BCUT2D eigenvalue weighted by Crippen LogP contribution is 2.40. The predicted molar refractivity (Wildman–Crippen MR) is 142 cm³/mol. The molecule has 6 aromatic rings. The highest BCUT2D eigenvalue weighted by molar-refractivity contribution is 7.25. The van der Waals surface area contributed by atoms with Gasteiger partial charge in [0.25, 0.3) is 5.82 Å². The molecule has 0 fully saturated rings. The summed E-state index contributed by atoms with van der Waals surface area (Å²) in [7, 11) is 2.19. The van der Waals surface area contributed by atoms with Crippen molar-refractivity contribution in [3.05, 3.63) is 90.5 Å². The molecule has 4 aromatic carbocycles. The second-order valence-electron chi connectivity index (χ2n) is 9.18. The number of hydrogen-bond acceptors (Lipinski definition) is 1. The summed E-state index contributed by atoms with van der Waals surface area (Å²) in [5, 5.41) is 2.68. The number of rotatable bonds is 3. The van der Waals surface area contributed by atoms with E-state index in [1.807, 2.05) is 11.3 Å². The van der Waals surface area contributed by atoms with Crippen molar-refractivity contribution in [1.82, 2.24) is 4.57 Å². The second-order valence-corrected chi connectivity index (χ2v) is 10.3. The molecule has 0 unspecified atom stereocenters. The minimum absolute atomic E-state index is 0.369. The standard InChI is InChI=1S/C30H27N2S/c1-19(2)32-27-13-9-8-12-26(27)31(4)30(32)24-18-25-23-15-14-22(21-10-6-5-7-11-21)17-29(23)33-28(25)16-20(24)3/h5-19H,1-4H3/q+1. The zero-order valence-corrected chi connectivity index (χ0v) is 20.3. The smallest absolute Gasteiger partial charge is 0.226 e. The fourth-order valence-corrected chi connectivity index (χ4v) is 6.37. The Labute approximate surface area is 198 Å². The number of para-hydroxylation sites is 2. The zero-order chi connectivity index (χ0) is 22.7. The maximum Gasteiger partial charge on any atom is 0.290 e. The van der Waals surface area contributed by atoms with Gasteiger partial charge in [-0.2, -0.15) is 0 Å². The van der Waals surface area contributed by atoms with Gasteiger partial charge in [0.1, 0.15) is 0 Å². The van der Waals surface area contributed by atoms with Crippen LogP contribution in [0.25, 0.3) is 53.7 Å². The lowest BCUT2D eigenvalue weighted by Gasteiger charge is -2.09. The SMILES string of the molecule is Cc1cc2sc3cc(-c4ccccc4)ccc3c2cc1-c1n(C(C)C)c2ccccc2[n+]1C. The third-order valence-electron chi connectivity index (χ3n) is 6.73. The molecular weight excluding hydrogens is 420 g/mol. The molecule has 0 saturated heterocycles. The average Bonchev–Trinajstić information content (AvgIpc) is 3.33. The average molecular weight is 448 g/mol. The number of nitrogens with zero attached hydrogens (tertiary/aromatic N) is 2. The number of imidazole rings is 1. The monoisotopic (exact) mass is 447 g/mol. The Hall–Kier alpha value is -3.43. The summed E-state index contributed by atoms with van der Waals surface area (Å²) in [5.74, 6) is 1.27. The molecule has 0 atom stereocenters. The van der Waals surface area contributed by atoms with Gasteiger partial charge in [-0.25, -0.2) is 9.13 Å². The molecule has 0 aliphatic heterocycles. The maximum absolute atomic E-state index is 2.48. The van der Waals surface area contributed by atoms with Crippen molar-refractivity contribution in [3.8, 4) is 22.5 Å². The van der Waals surface area contributed by atoms with Gasteiger partial charge in [-0.05, 0) is 67.8 Å². The van der Waals surface area contributed by atoms with Gasteiger partial charge in [0.2, 0.25) is 0 Å². The molecule has 0 bridgehead atoms. The molecule has 0 spiro atoms. The Balaban J connectivity index is 1.61. The van der Waals surface area contributed by atoms with Crippen molar-refractivity contribution in [2.45, 2.75) is 26.8 Å². The molecule has 162 valence electrons. The van der Waals surface area contributed by atoms with Crippen molar-refractivity contribution in [1.29, 1.82) is 0 Å². The molecule has 0 N–H and O–H groups in total. The van der Waals surface area contributed by atoms with Gasteiger partial charge in [-0.15, -0.1) is 11.3 Å². The quantitative estimate of drug-likeness (QED) is 0.243. The fraction of sp³-hybridized carbons (Fsp3) is 0.167. The van der Waals surface area contributed by atoms with Crippen LogP contribution in [0.5, 0.6) is 0 Å². The van der Waals surface area contributed by atoms with Crippen molar-refractivity contribution in [3.63, 3.8) is 0 Å². The lowest BCUT2D eigenvalue weighted by Crippen LogP contribution is -2.30. The first-order chi connectivity index (χ1) is 16.0. The van der Waals surface area contributed by atoms with E-state index in [-0.39, 0.29) is 0 Å². The molecule has 3 heteroatoms. The Bertz CT molecular complexity index is 1650. The molecule has 6 rings (SSSR count). The van der Waals surface area contributed by atoms with Crippen molar-refractivity contribution in [2.24, 2.45) is 7.05 Å². The molecule has 0 aliphatic rings. The van der Waals surface area contributed by atoms with Gasteiger partial charge < -0.3 is 0 Å². The number of aromatic nitrogens is 2. The molecule has 2 heterocycles. The largest absolute Gasteiger partial charge is 0.290 e. The van der Waals surface area contributed by atoms with Crippen molar-refractivity contribution < 1.29 is 4.57 Å². The number of benzene rings is 4.